The van der Waals surface area contributed by atoms with Crippen LogP contribution in [0.15, 0.2) is 0 Å². The van der Waals surface area contributed by atoms with Gasteiger partial charge >= 0.3 is 6.03 Å². The molecule has 150 valence electrons. The minimum Gasteiger partial charge on any atom is -0.339 e. The Balaban J connectivity index is 1.42. The van der Waals surface area contributed by atoms with Gasteiger partial charge in [-0.15, -0.1) is 0 Å². The van der Waals surface area contributed by atoms with Gasteiger partial charge in [-0.05, 0) is 39.2 Å². The molecule has 1 saturated heterocycles. The minimum absolute atomic E-state index is 0.0833. The van der Waals surface area contributed by atoms with Crippen LogP contribution in [0.25, 0.3) is 0 Å². The molecule has 0 unspecified atom stereocenters. The van der Waals surface area contributed by atoms with Crippen molar-refractivity contribution in [2.75, 3.05) is 26.7 Å². The SMILES string of the molecule is Cc1nn(CCNC(=O)N(C)C[C@@H]2CC(=O)N(C3CCCC3)C2)c(C)c1C. The summed E-state index contributed by atoms with van der Waals surface area (Å²) in [5, 5.41) is 7.46. The molecule has 1 N–H and O–H groups in total. The first-order chi connectivity index (χ1) is 12.9. The molecule has 27 heavy (non-hydrogen) atoms. The third-order valence-electron chi connectivity index (χ3n) is 6.23. The van der Waals surface area contributed by atoms with Crippen molar-refractivity contribution in [2.45, 2.75) is 65.5 Å². The molecule has 0 spiro atoms. The van der Waals surface area contributed by atoms with Crippen molar-refractivity contribution in [3.05, 3.63) is 17.0 Å². The number of amides is 3. The van der Waals surface area contributed by atoms with Gasteiger partial charge in [0.15, 0.2) is 0 Å². The van der Waals surface area contributed by atoms with E-state index in [1.807, 2.05) is 18.7 Å². The van der Waals surface area contributed by atoms with Crippen LogP contribution in [0.3, 0.4) is 0 Å². The van der Waals surface area contributed by atoms with Gasteiger partial charge in [-0.25, -0.2) is 4.79 Å². The lowest BCUT2D eigenvalue weighted by Gasteiger charge is -2.25. The highest BCUT2D eigenvalue weighted by atomic mass is 16.2. The predicted molar refractivity (Wildman–Crippen MR) is 105 cm³/mol. The maximum atomic E-state index is 12.4. The Morgan fingerprint density at radius 3 is 2.59 bits per heavy atom. The number of aryl methyl sites for hydroxylation is 1. The number of urea groups is 1. The van der Waals surface area contributed by atoms with Crippen molar-refractivity contribution in [2.24, 2.45) is 5.92 Å². The van der Waals surface area contributed by atoms with Crippen LogP contribution >= 0.6 is 0 Å². The van der Waals surface area contributed by atoms with Gasteiger partial charge in [0.1, 0.15) is 0 Å². The van der Waals surface area contributed by atoms with E-state index in [-0.39, 0.29) is 17.9 Å². The van der Waals surface area contributed by atoms with Crippen molar-refractivity contribution in [1.29, 1.82) is 0 Å². The first kappa shape index (κ1) is 19.7. The highest BCUT2D eigenvalue weighted by Crippen LogP contribution is 2.29. The summed E-state index contributed by atoms with van der Waals surface area (Å²) in [5.41, 5.74) is 3.39. The maximum absolute atomic E-state index is 12.4. The van der Waals surface area contributed by atoms with E-state index in [4.69, 9.17) is 0 Å². The zero-order valence-electron chi connectivity index (χ0n) is 17.1. The van der Waals surface area contributed by atoms with Gasteiger partial charge in [0.05, 0.1) is 12.2 Å². The van der Waals surface area contributed by atoms with Crippen LogP contribution < -0.4 is 5.32 Å². The van der Waals surface area contributed by atoms with Gasteiger partial charge in [-0.1, -0.05) is 12.8 Å². The molecule has 2 fully saturated rings. The van der Waals surface area contributed by atoms with E-state index >= 15 is 0 Å². The highest BCUT2D eigenvalue weighted by molar-refractivity contribution is 5.79. The maximum Gasteiger partial charge on any atom is 0.317 e. The van der Waals surface area contributed by atoms with Crippen LogP contribution in [0.5, 0.6) is 0 Å². The zero-order chi connectivity index (χ0) is 19.6. The zero-order valence-corrected chi connectivity index (χ0v) is 17.1. The molecule has 7 nitrogen and oxygen atoms in total. The number of hydrogen-bond acceptors (Lipinski definition) is 3. The number of nitrogens with zero attached hydrogens (tertiary/aromatic N) is 4. The number of likely N-dealkylation sites (tertiary alicyclic amines) is 1. The molecular formula is C20H33N5O2. The van der Waals surface area contributed by atoms with E-state index in [1.165, 1.54) is 18.4 Å². The summed E-state index contributed by atoms with van der Waals surface area (Å²) >= 11 is 0. The molecule has 1 saturated carbocycles. The lowest BCUT2D eigenvalue weighted by Crippen LogP contribution is -2.42. The topological polar surface area (TPSA) is 70.5 Å². The Labute approximate surface area is 162 Å². The van der Waals surface area contributed by atoms with Gasteiger partial charge < -0.3 is 15.1 Å². The van der Waals surface area contributed by atoms with Crippen molar-refractivity contribution in [1.82, 2.24) is 24.9 Å². The molecular weight excluding hydrogens is 342 g/mol. The molecule has 2 aliphatic rings. The molecule has 2 heterocycles. The molecule has 1 aromatic rings. The van der Waals surface area contributed by atoms with Crippen molar-refractivity contribution in [3.8, 4) is 0 Å². The van der Waals surface area contributed by atoms with Crippen molar-refractivity contribution < 1.29 is 9.59 Å². The second kappa shape index (κ2) is 8.31. The summed E-state index contributed by atoms with van der Waals surface area (Å²) in [6.07, 6.45) is 5.31. The lowest BCUT2D eigenvalue weighted by molar-refractivity contribution is -0.129. The second-order valence-corrected chi connectivity index (χ2v) is 8.19. The summed E-state index contributed by atoms with van der Waals surface area (Å²) < 4.78 is 1.94. The average molecular weight is 376 g/mol. The molecule has 1 aliphatic carbocycles. The third kappa shape index (κ3) is 4.45. The Kier molecular flexibility index (Phi) is 6.07. The molecule has 0 bridgehead atoms. The number of carbonyl (C=O) groups is 2. The minimum atomic E-state index is -0.0833. The van der Waals surface area contributed by atoms with E-state index in [9.17, 15) is 9.59 Å². The monoisotopic (exact) mass is 375 g/mol. The number of rotatable bonds is 6. The molecule has 0 radical (unpaired) electrons. The Morgan fingerprint density at radius 2 is 1.96 bits per heavy atom. The smallest absolute Gasteiger partial charge is 0.317 e. The number of carbonyl (C=O) groups excluding carboxylic acids is 2. The summed E-state index contributed by atoms with van der Waals surface area (Å²) in [7, 11) is 1.81. The van der Waals surface area contributed by atoms with Crippen LogP contribution in [0.1, 0.15) is 49.1 Å². The largest absolute Gasteiger partial charge is 0.339 e. The Morgan fingerprint density at radius 1 is 1.26 bits per heavy atom. The molecule has 1 atom stereocenters. The summed E-state index contributed by atoms with van der Waals surface area (Å²) in [6, 6.07) is 0.353. The summed E-state index contributed by atoms with van der Waals surface area (Å²) in [4.78, 5) is 28.5. The Bertz CT molecular complexity index is 693. The quantitative estimate of drug-likeness (QED) is 0.829. The third-order valence-corrected chi connectivity index (χ3v) is 6.23. The van der Waals surface area contributed by atoms with Crippen LogP contribution in [-0.4, -0.2) is 64.2 Å². The number of nitrogens with one attached hydrogen (secondary N) is 1. The first-order valence-electron chi connectivity index (χ1n) is 10.2. The normalized spacial score (nSPS) is 20.5. The average Bonchev–Trinajstić information content (AvgIpc) is 3.33. The van der Waals surface area contributed by atoms with Gasteiger partial charge in [-0.3, -0.25) is 9.48 Å². The van der Waals surface area contributed by atoms with Crippen molar-refractivity contribution >= 4 is 11.9 Å². The highest BCUT2D eigenvalue weighted by Gasteiger charge is 2.36. The summed E-state index contributed by atoms with van der Waals surface area (Å²) in [6.45, 7) is 8.75. The van der Waals surface area contributed by atoms with Gasteiger partial charge in [0, 0.05) is 50.8 Å². The lowest BCUT2D eigenvalue weighted by atomic mass is 10.1. The van der Waals surface area contributed by atoms with Gasteiger partial charge in [0.25, 0.3) is 0 Å². The standard InChI is InChI=1S/C20H33N5O2/c1-14-15(2)22-25(16(14)3)10-9-21-20(27)23(4)12-17-11-19(26)24(13-17)18-7-5-6-8-18/h17-18H,5-13H2,1-4H3,(H,21,27)/t17-/m0/s1. The predicted octanol–water partition coefficient (Wildman–Crippen LogP) is 2.24. The number of hydrogen-bond donors (Lipinski definition) is 1. The molecule has 0 aromatic carbocycles. The second-order valence-electron chi connectivity index (χ2n) is 8.19. The van der Waals surface area contributed by atoms with E-state index in [0.717, 1.165) is 30.8 Å². The van der Waals surface area contributed by atoms with Crippen molar-refractivity contribution in [3.63, 3.8) is 0 Å². The Hall–Kier alpha value is -2.05. The summed E-state index contributed by atoms with van der Waals surface area (Å²) in [5.74, 6) is 0.508. The fourth-order valence-electron chi connectivity index (χ4n) is 4.38. The van der Waals surface area contributed by atoms with E-state index in [0.29, 0.717) is 32.1 Å². The molecule has 1 aromatic heterocycles. The number of aromatic nitrogens is 2. The molecule has 1 aliphatic heterocycles. The van der Waals surface area contributed by atoms with Gasteiger partial charge in [-0.2, -0.15) is 5.10 Å². The van der Waals surface area contributed by atoms with Gasteiger partial charge in [0.2, 0.25) is 5.91 Å². The molecule has 3 amide bonds. The fourth-order valence-corrected chi connectivity index (χ4v) is 4.38. The van der Waals surface area contributed by atoms with E-state index in [1.54, 1.807) is 4.90 Å². The van der Waals surface area contributed by atoms with Crippen LogP contribution in [0.4, 0.5) is 4.79 Å². The van der Waals surface area contributed by atoms with Crippen LogP contribution in [-0.2, 0) is 11.3 Å². The van der Waals surface area contributed by atoms with Crippen LogP contribution in [0.2, 0.25) is 0 Å². The van der Waals surface area contributed by atoms with E-state index in [2.05, 4.69) is 29.2 Å². The van der Waals surface area contributed by atoms with E-state index < -0.39 is 0 Å². The molecule has 7 heteroatoms. The fraction of sp³-hybridized carbons (Fsp3) is 0.750. The molecule has 3 rings (SSSR count). The first-order valence-corrected chi connectivity index (χ1v) is 10.2. The van der Waals surface area contributed by atoms with Crippen LogP contribution in [0, 0.1) is 26.7 Å².